The second-order valence-corrected chi connectivity index (χ2v) is 2.01. The number of hydrogen-bond donors (Lipinski definition) is 0. The van der Waals surface area contributed by atoms with E-state index in [-0.39, 0.29) is 0 Å². The Kier molecular flexibility index (Phi) is 3.11. The Morgan fingerprint density at radius 3 is 1.33 bits per heavy atom. The molecule has 0 aromatic rings. The second kappa shape index (κ2) is 2.56. The van der Waals surface area contributed by atoms with Crippen molar-refractivity contribution in [2.24, 2.45) is 0 Å². The normalized spacial score (nSPS) is 12.7. The fourth-order valence-corrected chi connectivity index (χ4v) is 0. The van der Waals surface area contributed by atoms with Crippen LogP contribution in [0, 0.1) is 45.1 Å². The average Bonchev–Trinajstić information content (AvgIpc) is 1.35. The predicted molar refractivity (Wildman–Crippen MR) is 7.16 cm³/mol. The van der Waals surface area contributed by atoms with E-state index in [1.54, 1.807) is 0 Å². The van der Waals surface area contributed by atoms with Crippen molar-refractivity contribution < 1.29 is 58.4 Å². The SMILES string of the molecule is F[Xe]C(F)(F)F. The molecule has 0 aliphatic rings. The molecule has 0 aromatic heterocycles. The van der Waals surface area contributed by atoms with Crippen molar-refractivity contribution in [3.05, 3.63) is 0 Å². The van der Waals surface area contributed by atoms with Crippen LogP contribution < -0.4 is 0 Å². The van der Waals surface area contributed by atoms with Gasteiger partial charge in [0, 0.05) is 0 Å². The fraction of sp³-hybridized carbons (Fsp3) is 1.00. The van der Waals surface area contributed by atoms with Crippen LogP contribution in [0.2, 0.25) is 0 Å². The van der Waals surface area contributed by atoms with Gasteiger partial charge >= 0.3 is 59.0 Å². The van der Waals surface area contributed by atoms with Crippen molar-refractivity contribution in [1.29, 1.82) is 0 Å². The summed E-state index contributed by atoms with van der Waals surface area (Å²) < 4.78 is 37.3. The van der Waals surface area contributed by atoms with Gasteiger partial charge in [-0.15, -0.1) is 0 Å². The van der Waals surface area contributed by atoms with E-state index in [0.717, 1.165) is 0 Å². The van der Waals surface area contributed by atoms with E-state index in [4.69, 9.17) is 0 Å². The Balaban J connectivity index is 3.17. The van der Waals surface area contributed by atoms with Gasteiger partial charge in [0.15, 0.2) is 0 Å². The van der Waals surface area contributed by atoms with E-state index >= 15 is 0 Å². The molecule has 0 spiro atoms. The van der Waals surface area contributed by atoms with E-state index in [2.05, 4.69) is 0 Å². The Hall–Kier alpha value is 1.29. The number of alkyl halides is 3. The van der Waals surface area contributed by atoms with Gasteiger partial charge in [-0.2, -0.15) is 0 Å². The van der Waals surface area contributed by atoms with Crippen LogP contribution in [-0.4, -0.2) is 0.644 Å². The molecular weight excluding hydrogens is 219 g/mol. The molecule has 0 aromatic carbocycles. The van der Waals surface area contributed by atoms with E-state index in [1.807, 2.05) is 0 Å². The van der Waals surface area contributed by atoms with E-state index in [1.165, 1.54) is 0 Å². The van der Waals surface area contributed by atoms with Crippen LogP contribution >= 0.6 is 0 Å². The first-order valence-electron chi connectivity index (χ1n) is 0.877. The van der Waals surface area contributed by atoms with Crippen LogP contribution in [0.1, 0.15) is 0 Å². The molecule has 0 nitrogen and oxygen atoms in total. The topological polar surface area (TPSA) is 0 Å². The predicted octanol–water partition coefficient (Wildman–Crippen LogP) is 1.48. The Morgan fingerprint density at radius 2 is 1.33 bits per heavy atom. The maximum atomic E-state index is 10.5. The third-order valence-electron chi connectivity index (χ3n) is 0.0758. The third-order valence-corrected chi connectivity index (χ3v) is 0.508. The van der Waals surface area contributed by atoms with Crippen molar-refractivity contribution in [2.45, 2.75) is 0.644 Å². The molecule has 0 saturated carbocycles. The summed E-state index contributed by atoms with van der Waals surface area (Å²) in [6.45, 7) is 0. The minimum atomic E-state index is -4.54. The van der Waals surface area contributed by atoms with Crippen LogP contribution in [0.5, 0.6) is 0 Å². The monoisotopic (exact) mass is 220 g/mol. The molecule has 0 atom stereocenters. The van der Waals surface area contributed by atoms with E-state index in [9.17, 15) is 13.3 Å². The van der Waals surface area contributed by atoms with Crippen LogP contribution in [0.15, 0.2) is 0 Å². The van der Waals surface area contributed by atoms with E-state index < -0.39 is 45.8 Å². The van der Waals surface area contributed by atoms with Crippen LogP contribution in [0.25, 0.3) is 0 Å². The molecule has 5 heteroatoms. The molecule has 0 N–H and O–H groups in total. The van der Waals surface area contributed by atoms with Crippen molar-refractivity contribution in [3.8, 4) is 0 Å². The summed E-state index contributed by atoms with van der Waals surface area (Å²) >= 11 is -2.89. The Labute approximate surface area is 58.1 Å². The molecule has 0 saturated heterocycles. The van der Waals surface area contributed by atoms with Gasteiger partial charge in [0.05, 0.1) is 0 Å². The van der Waals surface area contributed by atoms with Gasteiger partial charge in [0.25, 0.3) is 0 Å². The molecule has 40 valence electrons. The molecule has 0 aliphatic heterocycles. The minimum absolute atomic E-state index is 2.89. The number of halogens is 4. The molecular formula is CF4Xe. The van der Waals surface area contributed by atoms with Gasteiger partial charge in [-0.25, -0.2) is 0 Å². The first-order valence-corrected chi connectivity index (χ1v) is 2.65. The third kappa shape index (κ3) is 5.29. The summed E-state index contributed by atoms with van der Waals surface area (Å²) in [6, 6.07) is 0. The zero-order valence-corrected chi connectivity index (χ0v) is 4.38. The van der Waals surface area contributed by atoms with Crippen LogP contribution in [-0.2, 0) is 0 Å². The molecule has 0 rings (SSSR count). The zero-order chi connectivity index (χ0) is 5.21. The van der Waals surface area contributed by atoms with Crippen molar-refractivity contribution in [3.63, 3.8) is 0 Å². The molecule has 0 unspecified atom stereocenters. The first kappa shape index (κ1) is 7.29. The summed E-state index contributed by atoms with van der Waals surface area (Å²) in [6.07, 6.45) is 0. The van der Waals surface area contributed by atoms with E-state index in [0.29, 0.717) is 0 Å². The van der Waals surface area contributed by atoms with Crippen LogP contribution in [0.4, 0.5) is 13.3 Å². The second-order valence-electron chi connectivity index (χ2n) is 0.482. The molecule has 0 bridgehead atoms. The van der Waals surface area contributed by atoms with Crippen molar-refractivity contribution >= 4 is 0 Å². The van der Waals surface area contributed by atoms with Gasteiger partial charge in [-0.05, 0) is 0 Å². The Morgan fingerprint density at radius 1 is 1.17 bits per heavy atom. The summed E-state index contributed by atoms with van der Waals surface area (Å²) in [4.78, 5) is 0. The van der Waals surface area contributed by atoms with Crippen LogP contribution in [0.3, 0.4) is 0 Å². The summed E-state index contributed by atoms with van der Waals surface area (Å²) in [5.41, 5.74) is 0. The number of hydrogen-bond acceptors (Lipinski definition) is 0. The van der Waals surface area contributed by atoms with Gasteiger partial charge in [0.2, 0.25) is 0 Å². The molecule has 0 heterocycles. The van der Waals surface area contributed by atoms with Gasteiger partial charge in [-0.3, -0.25) is 0 Å². The van der Waals surface area contributed by atoms with Gasteiger partial charge in [-0.1, -0.05) is 0 Å². The average molecular weight is 219 g/mol. The molecule has 0 aliphatic carbocycles. The molecule has 0 radical (unpaired) electrons. The van der Waals surface area contributed by atoms with Crippen molar-refractivity contribution in [2.75, 3.05) is 0 Å². The standard InChI is InChI=1S/CF4Xe/c2-1(3,4)6-5. The van der Waals surface area contributed by atoms with Crippen molar-refractivity contribution in [1.82, 2.24) is 0 Å². The molecule has 0 fully saturated rings. The summed E-state index contributed by atoms with van der Waals surface area (Å²) in [5.74, 6) is 0. The van der Waals surface area contributed by atoms with Gasteiger partial charge in [0.1, 0.15) is 0 Å². The zero-order valence-electron chi connectivity index (χ0n) is 2.37. The Bertz CT molecular complexity index is 37.3. The first-order chi connectivity index (χ1) is 2.56. The summed E-state index contributed by atoms with van der Waals surface area (Å²) in [7, 11) is 0. The molecule has 0 amide bonds. The summed E-state index contributed by atoms with van der Waals surface area (Å²) in [5, 5.41) is 0. The quantitative estimate of drug-likeness (QED) is 0.541. The molecule has 6 heavy (non-hydrogen) atoms. The fourth-order valence-electron chi connectivity index (χ4n) is 0. The van der Waals surface area contributed by atoms with Gasteiger partial charge < -0.3 is 0 Å². The maximum absolute atomic E-state index is 10.5. The number of rotatable bonds is 0.